The minimum Gasteiger partial charge on any atom is -0.334 e. The summed E-state index contributed by atoms with van der Waals surface area (Å²) in [5, 5.41) is 13.5. The molecule has 6 heteroatoms. The van der Waals surface area contributed by atoms with Crippen molar-refractivity contribution in [2.24, 2.45) is 0 Å². The van der Waals surface area contributed by atoms with E-state index in [1.807, 2.05) is 6.07 Å². The molecule has 0 spiro atoms. The van der Waals surface area contributed by atoms with E-state index in [9.17, 15) is 13.6 Å². The fraction of sp³-hybridized carbons (Fsp3) is 0.0667. The first kappa shape index (κ1) is 14.5. The summed E-state index contributed by atoms with van der Waals surface area (Å²) in [6.45, 7) is -0.0430. The first-order valence-electron chi connectivity index (χ1n) is 6.07. The van der Waals surface area contributed by atoms with Gasteiger partial charge in [-0.05, 0) is 30.3 Å². The van der Waals surface area contributed by atoms with Crippen LogP contribution in [-0.2, 0) is 6.54 Å². The number of carbonyl (C=O) groups excluding carboxylic acids is 1. The smallest absolute Gasteiger partial charge is 0.319 e. The van der Waals surface area contributed by atoms with Gasteiger partial charge in [-0.3, -0.25) is 0 Å². The Kier molecular flexibility index (Phi) is 4.46. The van der Waals surface area contributed by atoms with Crippen LogP contribution in [0.25, 0.3) is 0 Å². The molecule has 0 fully saturated rings. The summed E-state index contributed by atoms with van der Waals surface area (Å²) in [6.07, 6.45) is 0. The number of urea groups is 1. The van der Waals surface area contributed by atoms with Crippen molar-refractivity contribution in [1.82, 2.24) is 5.32 Å². The molecule has 0 saturated carbocycles. The maximum absolute atomic E-state index is 13.6. The molecule has 0 bridgehead atoms. The Bertz CT molecular complexity index is 710. The van der Waals surface area contributed by atoms with Crippen molar-refractivity contribution in [2.45, 2.75) is 6.54 Å². The van der Waals surface area contributed by atoms with Gasteiger partial charge in [-0.15, -0.1) is 0 Å². The lowest BCUT2D eigenvalue weighted by atomic mass is 10.1. The molecule has 2 aromatic rings. The lowest BCUT2D eigenvalue weighted by molar-refractivity contribution is 0.251. The maximum Gasteiger partial charge on any atom is 0.319 e. The van der Waals surface area contributed by atoms with Gasteiger partial charge in [0.2, 0.25) is 0 Å². The number of nitriles is 1. The highest BCUT2D eigenvalue weighted by Crippen LogP contribution is 2.11. The summed E-state index contributed by atoms with van der Waals surface area (Å²) in [6, 6.07) is 10.7. The first-order chi connectivity index (χ1) is 10.1. The topological polar surface area (TPSA) is 64.9 Å². The van der Waals surface area contributed by atoms with Crippen molar-refractivity contribution in [3.05, 3.63) is 65.2 Å². The van der Waals surface area contributed by atoms with E-state index >= 15 is 0 Å². The molecule has 2 N–H and O–H groups in total. The Morgan fingerprint density at radius 2 is 2.00 bits per heavy atom. The summed E-state index contributed by atoms with van der Waals surface area (Å²) in [5.41, 5.74) is 0.761. The Hall–Kier alpha value is -2.94. The molecule has 0 aromatic heterocycles. The Morgan fingerprint density at radius 3 is 2.67 bits per heavy atom. The molecule has 21 heavy (non-hydrogen) atoms. The van der Waals surface area contributed by atoms with Crippen molar-refractivity contribution in [1.29, 1.82) is 5.26 Å². The highest BCUT2D eigenvalue weighted by molar-refractivity contribution is 5.89. The van der Waals surface area contributed by atoms with Crippen LogP contribution in [0.3, 0.4) is 0 Å². The molecule has 2 amide bonds. The van der Waals surface area contributed by atoms with E-state index in [4.69, 9.17) is 5.26 Å². The monoisotopic (exact) mass is 287 g/mol. The van der Waals surface area contributed by atoms with Crippen LogP contribution >= 0.6 is 0 Å². The molecule has 0 unspecified atom stereocenters. The van der Waals surface area contributed by atoms with Crippen LogP contribution in [0.5, 0.6) is 0 Å². The van der Waals surface area contributed by atoms with E-state index in [-0.39, 0.29) is 17.7 Å². The largest absolute Gasteiger partial charge is 0.334 e. The average Bonchev–Trinajstić information content (AvgIpc) is 2.46. The molecule has 0 saturated heterocycles. The van der Waals surface area contributed by atoms with Crippen LogP contribution in [0.4, 0.5) is 19.3 Å². The highest BCUT2D eigenvalue weighted by Gasteiger charge is 2.06. The lowest BCUT2D eigenvalue weighted by Crippen LogP contribution is -2.28. The summed E-state index contributed by atoms with van der Waals surface area (Å²) < 4.78 is 26.5. The zero-order valence-electron chi connectivity index (χ0n) is 10.9. The minimum atomic E-state index is -0.579. The number of hydrogen-bond acceptors (Lipinski definition) is 2. The van der Waals surface area contributed by atoms with Gasteiger partial charge in [-0.25, -0.2) is 13.6 Å². The number of amides is 2. The molecule has 106 valence electrons. The van der Waals surface area contributed by atoms with Crippen molar-refractivity contribution in [3.8, 4) is 6.07 Å². The SMILES string of the molecule is N#Cc1ccc(CNC(=O)Nc2cccc(F)c2)c(F)c1. The Labute approximate surface area is 120 Å². The molecule has 4 nitrogen and oxygen atoms in total. The van der Waals surface area contributed by atoms with Crippen LogP contribution < -0.4 is 10.6 Å². The highest BCUT2D eigenvalue weighted by atomic mass is 19.1. The molecule has 0 heterocycles. The van der Waals surface area contributed by atoms with Crippen LogP contribution in [0, 0.1) is 23.0 Å². The molecule has 2 aromatic carbocycles. The van der Waals surface area contributed by atoms with E-state index in [1.54, 1.807) is 0 Å². The van der Waals surface area contributed by atoms with E-state index in [2.05, 4.69) is 10.6 Å². The second kappa shape index (κ2) is 6.48. The zero-order valence-corrected chi connectivity index (χ0v) is 10.9. The van der Waals surface area contributed by atoms with E-state index < -0.39 is 17.7 Å². The Balaban J connectivity index is 1.94. The predicted octanol–water partition coefficient (Wildman–Crippen LogP) is 3.16. The van der Waals surface area contributed by atoms with Crippen LogP contribution in [0.1, 0.15) is 11.1 Å². The molecule has 0 aliphatic rings. The normalized spacial score (nSPS) is 9.76. The number of halogens is 2. The minimum absolute atomic E-state index is 0.0430. The third-order valence-electron chi connectivity index (χ3n) is 2.70. The number of anilines is 1. The third kappa shape index (κ3) is 4.01. The van der Waals surface area contributed by atoms with Crippen LogP contribution in [0.2, 0.25) is 0 Å². The molecular formula is C15H11F2N3O. The van der Waals surface area contributed by atoms with Gasteiger partial charge in [0.15, 0.2) is 0 Å². The summed E-state index contributed by atoms with van der Waals surface area (Å²) in [7, 11) is 0. The van der Waals surface area contributed by atoms with E-state index in [0.717, 1.165) is 6.07 Å². The van der Waals surface area contributed by atoms with Crippen molar-refractivity contribution in [2.75, 3.05) is 5.32 Å². The number of rotatable bonds is 3. The Morgan fingerprint density at radius 1 is 1.19 bits per heavy atom. The quantitative estimate of drug-likeness (QED) is 0.910. The molecule has 0 atom stereocenters. The predicted molar refractivity (Wildman–Crippen MR) is 73.4 cm³/mol. The average molecular weight is 287 g/mol. The van der Waals surface area contributed by atoms with Gasteiger partial charge in [0.25, 0.3) is 0 Å². The van der Waals surface area contributed by atoms with Crippen molar-refractivity contribution >= 4 is 11.7 Å². The molecule has 0 radical (unpaired) electrons. The number of nitrogens with zero attached hydrogens (tertiary/aromatic N) is 1. The molecule has 2 rings (SSSR count). The van der Waals surface area contributed by atoms with Gasteiger partial charge in [0, 0.05) is 17.8 Å². The standard InChI is InChI=1S/C15H11F2N3O/c16-12-2-1-3-13(7-12)20-15(21)19-9-11-5-4-10(8-18)6-14(11)17/h1-7H,9H2,(H2,19,20,21). The fourth-order valence-electron chi connectivity index (χ4n) is 1.68. The number of carbonyl (C=O) groups is 1. The maximum atomic E-state index is 13.6. The summed E-state index contributed by atoms with van der Waals surface area (Å²) in [5.74, 6) is -1.04. The van der Waals surface area contributed by atoms with Gasteiger partial charge in [-0.2, -0.15) is 5.26 Å². The zero-order chi connectivity index (χ0) is 15.2. The van der Waals surface area contributed by atoms with Gasteiger partial charge < -0.3 is 10.6 Å². The first-order valence-corrected chi connectivity index (χ1v) is 6.07. The van der Waals surface area contributed by atoms with Gasteiger partial charge in [0.05, 0.1) is 11.6 Å². The van der Waals surface area contributed by atoms with Crippen LogP contribution in [-0.4, -0.2) is 6.03 Å². The van der Waals surface area contributed by atoms with E-state index in [1.165, 1.54) is 36.4 Å². The molecule has 0 aliphatic carbocycles. The number of hydrogen-bond donors (Lipinski definition) is 2. The second-order valence-corrected chi connectivity index (χ2v) is 4.24. The second-order valence-electron chi connectivity index (χ2n) is 4.24. The van der Waals surface area contributed by atoms with Crippen molar-refractivity contribution < 1.29 is 13.6 Å². The molecular weight excluding hydrogens is 276 g/mol. The number of benzene rings is 2. The molecule has 0 aliphatic heterocycles. The lowest BCUT2D eigenvalue weighted by Gasteiger charge is -2.08. The number of nitrogens with one attached hydrogen (secondary N) is 2. The van der Waals surface area contributed by atoms with Crippen molar-refractivity contribution in [3.63, 3.8) is 0 Å². The van der Waals surface area contributed by atoms with E-state index in [0.29, 0.717) is 5.69 Å². The third-order valence-corrected chi connectivity index (χ3v) is 2.70. The van der Waals surface area contributed by atoms with Gasteiger partial charge >= 0.3 is 6.03 Å². The fourth-order valence-corrected chi connectivity index (χ4v) is 1.68. The van der Waals surface area contributed by atoms with Gasteiger partial charge in [0.1, 0.15) is 11.6 Å². The summed E-state index contributed by atoms with van der Waals surface area (Å²) in [4.78, 5) is 11.6. The van der Waals surface area contributed by atoms with Gasteiger partial charge in [-0.1, -0.05) is 12.1 Å². The summed E-state index contributed by atoms with van der Waals surface area (Å²) >= 11 is 0. The van der Waals surface area contributed by atoms with Crippen LogP contribution in [0.15, 0.2) is 42.5 Å².